The summed E-state index contributed by atoms with van der Waals surface area (Å²) in [6.07, 6.45) is 14.7. The van der Waals surface area contributed by atoms with E-state index in [9.17, 15) is 43.5 Å². The second kappa shape index (κ2) is 107. The zero-order valence-corrected chi connectivity index (χ0v) is 92.7. The van der Waals surface area contributed by atoms with Crippen LogP contribution in [0.3, 0.4) is 0 Å². The fraction of sp³-hybridized carbons (Fsp3) is 0.606. The standard InChI is InChI=1S/C18H25NO4.C15H18O5S.C10H11NO2.C8H17NO4.C8H14O5.C8H16O3.C7H3ClO2S.C7H15NO4.C7H10O4.C5H12O3.CH2O.IO4.2Na.H/c1-18(2)22-13-15(23-18)10-7-11-16(17(20)21-3)19-12-14-8-5-4-6-9-14;1-4-5-6-7-8-12-21-20-19-17-11-9-10-14-13-16-15(2,3)18-14;1-13-10(12)8-11-7-9-5-3-2-4-6-9;1-13-8(12)7(9)4-2-3-6(11)5-10;9-4-6(8(12)13)2-1-3-7(11)5-10;1-8(2)10-6-7(11-8)4-3-5-9;1-2-3-4-5-6-7-11-10-9-8;8-6(7(11)12)3-1-2-5(10)4-9;8-4-2-1-3-6(5-9)7(10)11;6-3-1-2-5(8)4-7;1-2;2-1(3,4)5;;;/h4-6,8-9,12,15-16H,7,10-11,13H2,1-3H3;14H,9-11,13H2,1-3H3;2-8,12H,1H3;6-7,10-11H,2-5,9H2,1H3;4,6-7,10-11H,1-3,5H2,(H,12,13);7,9H,3-6H2,1-2H3;1H3;5-6,9-10H,1-4,8H2,(H,11,12);4-6H,1-3H2,(H,10,11);5-8H,1-4H2;1H2;;;;/q;;;;;;;;;;;-1;2*+1;-1/p+1. The van der Waals surface area contributed by atoms with Gasteiger partial charge >= 0.3 is 91.8 Å². The predicted molar refractivity (Wildman–Crippen MR) is 513 cm³/mol. The first-order chi connectivity index (χ1) is 67.8. The van der Waals surface area contributed by atoms with Gasteiger partial charge in [0.15, 0.2) is 17.4 Å². The van der Waals surface area contributed by atoms with Crippen molar-refractivity contribution in [2.75, 3.05) is 87.4 Å². The number of methoxy groups -OCH3 is 3. The Bertz CT molecular complexity index is 4110. The number of aliphatic hydroxyl groups is 10. The van der Waals surface area contributed by atoms with E-state index < -0.39 is 122 Å². The molecule has 5 rings (SSSR count). The van der Waals surface area contributed by atoms with E-state index in [0.717, 1.165) is 79.9 Å². The van der Waals surface area contributed by atoms with Crippen LogP contribution in [0, 0.1) is 81.5 Å². The van der Waals surface area contributed by atoms with E-state index in [1.165, 1.54) is 21.3 Å². The van der Waals surface area contributed by atoms with Crippen molar-refractivity contribution < 1.29 is 278 Å². The summed E-state index contributed by atoms with van der Waals surface area (Å²) in [7, 11) is 3.99. The summed E-state index contributed by atoms with van der Waals surface area (Å²) in [5.41, 5.74) is 12.6. The number of benzene rings is 2. The molecular weight excluding hydrogens is 2110 g/mol. The van der Waals surface area contributed by atoms with Crippen molar-refractivity contribution in [1.82, 2.24) is 0 Å². The Morgan fingerprint density at radius 3 is 1.25 bits per heavy atom. The van der Waals surface area contributed by atoms with Gasteiger partial charge in [0.2, 0.25) is 0 Å². The van der Waals surface area contributed by atoms with Crippen LogP contribution in [0.15, 0.2) is 82.8 Å². The molecule has 3 heterocycles. The molecule has 3 aliphatic rings. The van der Waals surface area contributed by atoms with Gasteiger partial charge in [-0.15, -0.1) is 13.1 Å². The van der Waals surface area contributed by atoms with Crippen LogP contribution in [0.1, 0.15) is 206 Å². The van der Waals surface area contributed by atoms with Crippen LogP contribution in [0.5, 0.6) is 0 Å². The number of aliphatic imine (C=N–C) groups is 2. The summed E-state index contributed by atoms with van der Waals surface area (Å²) in [6.45, 7) is 18.3. The van der Waals surface area contributed by atoms with Crippen LogP contribution in [0.2, 0.25) is 0 Å². The third kappa shape index (κ3) is 111. The Morgan fingerprint density at radius 2 is 0.897 bits per heavy atom. The summed E-state index contributed by atoms with van der Waals surface area (Å²) in [6, 6.07) is 17.3. The number of nitrogens with two attached hydrogens (primary N) is 2. The van der Waals surface area contributed by atoms with Crippen molar-refractivity contribution in [2.24, 2.45) is 33.3 Å². The van der Waals surface area contributed by atoms with E-state index in [1.807, 2.05) is 109 Å². The molecule has 12 unspecified atom stereocenters. The van der Waals surface area contributed by atoms with Gasteiger partial charge < -0.3 is 146 Å². The van der Waals surface area contributed by atoms with Gasteiger partial charge in [0, 0.05) is 60.6 Å². The Hall–Kier alpha value is -6.85. The molecule has 0 saturated carbocycles. The Morgan fingerprint density at radius 1 is 0.524 bits per heavy atom. The van der Waals surface area contributed by atoms with Crippen molar-refractivity contribution in [1.29, 1.82) is 0 Å². The number of aliphatic hydroxyl groups excluding tert-OH is 10. The minimum absolute atomic E-state index is 0. The van der Waals surface area contributed by atoms with Gasteiger partial charge in [-0.25, -0.2) is 9.68 Å². The summed E-state index contributed by atoms with van der Waals surface area (Å²) < 4.78 is 93.9. The minimum atomic E-state index is -5.94. The number of hydrogen-bond donors (Lipinski definition) is 15. The van der Waals surface area contributed by atoms with E-state index >= 15 is 0 Å². The normalized spacial score (nSPS) is 15.9. The number of esters is 2. The molecule has 3 saturated heterocycles. The summed E-state index contributed by atoms with van der Waals surface area (Å²) in [5.74, 6) is 17.4. The Kier molecular flexibility index (Phi) is 115. The number of ether oxygens (including phenoxy) is 9. The molecule has 0 amide bonds. The van der Waals surface area contributed by atoms with Crippen LogP contribution in [0.25, 0.3) is 0 Å². The monoisotopic (exact) mass is 2260 g/mol. The number of carbonyl (C=O) groups is 9. The first-order valence-electron chi connectivity index (χ1n) is 43.9. The molecule has 3 fully saturated rings. The van der Waals surface area contributed by atoms with E-state index in [4.69, 9.17) is 146 Å². The second-order valence-corrected chi connectivity index (χ2v) is 33.3. The van der Waals surface area contributed by atoms with E-state index in [1.54, 1.807) is 26.3 Å². The van der Waals surface area contributed by atoms with E-state index in [2.05, 4.69) is 107 Å². The number of halogens is 2. The first-order valence-corrected chi connectivity index (χ1v) is 49.2. The van der Waals surface area contributed by atoms with Crippen molar-refractivity contribution in [3.63, 3.8) is 0 Å². The van der Waals surface area contributed by atoms with Crippen molar-refractivity contribution in [2.45, 2.75) is 268 Å². The maximum absolute atomic E-state index is 11.9. The number of carboxylic acids is 3. The number of carboxylic acid groups (broad SMARTS) is 3. The van der Waals surface area contributed by atoms with Gasteiger partial charge in [0.25, 0.3) is 0 Å². The average molecular weight is 2260 g/mol. The molecule has 2 aromatic rings. The van der Waals surface area contributed by atoms with E-state index in [0.29, 0.717) is 129 Å². The third-order valence-electron chi connectivity index (χ3n) is 17.0. The van der Waals surface area contributed by atoms with Crippen molar-refractivity contribution >= 4 is 104 Å². The number of aliphatic carboxylic acids is 3. The molecule has 0 spiro atoms. The van der Waals surface area contributed by atoms with Crippen LogP contribution in [-0.4, -0.2) is 300 Å². The molecule has 0 aliphatic carbocycles. The number of rotatable bonds is 51. The van der Waals surface area contributed by atoms with Gasteiger partial charge in [-0.05, 0) is 238 Å². The third-order valence-corrected chi connectivity index (χ3v) is 17.8. The summed E-state index contributed by atoms with van der Waals surface area (Å²) >= 11 is 0.291. The fourth-order valence-corrected chi connectivity index (χ4v) is 10.4. The van der Waals surface area contributed by atoms with Gasteiger partial charge in [-0.3, -0.25) is 42.9 Å². The topological polar surface area (TPSA) is 738 Å². The molecule has 145 heavy (non-hydrogen) atoms. The molecular formula is C94H145ClIN4Na2O41S2+. The molecule has 0 radical (unpaired) electrons. The largest absolute Gasteiger partial charge is 1.00 e. The van der Waals surface area contributed by atoms with Gasteiger partial charge in [0.1, 0.15) is 112 Å². The molecule has 51 heteroatoms. The van der Waals surface area contributed by atoms with Crippen LogP contribution in [0.4, 0.5) is 0 Å². The number of unbranched alkanes of at least 4 members (excludes halogenated alkanes) is 1. The maximum atomic E-state index is 11.9. The maximum Gasteiger partial charge on any atom is 1.00 e. The molecule has 12 atom stereocenters. The smallest absolute Gasteiger partial charge is 1.00 e. The zero-order valence-electron chi connectivity index (χ0n) is 87.2. The molecule has 45 nitrogen and oxygen atoms in total. The van der Waals surface area contributed by atoms with Gasteiger partial charge in [-0.2, -0.15) is 0 Å². The molecule has 0 bridgehead atoms. The van der Waals surface area contributed by atoms with Crippen molar-refractivity contribution in [3.05, 3.63) is 83.9 Å². The number of aldehydes is 3. The molecule has 2 aromatic carbocycles. The van der Waals surface area contributed by atoms with Crippen LogP contribution in [-0.2, 0) is 109 Å². The minimum Gasteiger partial charge on any atom is -1.00 e. The zero-order chi connectivity index (χ0) is 110. The molecule has 0 aromatic heterocycles. The van der Waals surface area contributed by atoms with E-state index in [-0.39, 0.29) is 140 Å². The predicted octanol–water partition coefficient (Wildman–Crippen LogP) is -7.93. The van der Waals surface area contributed by atoms with Crippen LogP contribution >= 0.6 is 36.0 Å². The number of hydrogen-bond acceptors (Lipinski definition) is 44. The average Bonchev–Trinajstić information content (AvgIpc) is 1.74. The fourth-order valence-electron chi connectivity index (χ4n) is 10.0. The molecule has 17 N–H and O–H groups in total. The number of carbonyl (C=O) groups excluding carboxylic acids is 6. The second-order valence-electron chi connectivity index (χ2n) is 30.0. The Labute approximate surface area is 917 Å². The molecule has 3 aliphatic heterocycles. The quantitative estimate of drug-likeness (QED) is 0.00238. The SMILES string of the molecule is C=O.CC#CC#CC#CSOOCl.CC#CC#CC#CSOOOCCCC1COC(C)(C)O1.CC1(C)OCC(CCCO)O1.COC(=O)C(CCCC1COC(C)(C)O1)N=Cc1ccccc1.COC(=O)C(N)CCCC(O)CO.COC([O-])=CN=Cc1ccccc1.NC(CCCC(O)CO)C(=O)O.O=CC(CCCC(O)CO)C(=O)O.O=CCCCC(C=O)C(=O)O.OCCCC(O)CO.[H+].[H+].[H-].[Na+].[Na+].[O-][I+3]([O-])([O-])[O-]. The summed E-state index contributed by atoms with van der Waals surface area (Å²) in [5, 5.41) is 131. The molecule has 814 valence electrons. The number of nitrogens with zero attached hydrogens (tertiary/aromatic N) is 2. The first kappa shape index (κ1) is 156. The van der Waals surface area contributed by atoms with Crippen LogP contribution < -0.4 is 110 Å². The van der Waals surface area contributed by atoms with Gasteiger partial charge in [-0.1, -0.05) is 77.5 Å². The Balaban J connectivity index is -0.000000139. The van der Waals surface area contributed by atoms with Crippen molar-refractivity contribution in [3.8, 4) is 69.7 Å². The van der Waals surface area contributed by atoms with Gasteiger partial charge in [0.05, 0.1) is 116 Å². The summed E-state index contributed by atoms with van der Waals surface area (Å²) in [4.78, 5) is 104.